The summed E-state index contributed by atoms with van der Waals surface area (Å²) >= 11 is 0. The number of aldehydes is 1. The Morgan fingerprint density at radius 2 is 1.86 bits per heavy atom. The molecule has 0 aliphatic carbocycles. The fourth-order valence-corrected chi connectivity index (χ4v) is 1.81. The number of carbonyl (C=O) groups excluding carboxylic acids is 3. The molecule has 6 nitrogen and oxygen atoms in total. The molecule has 0 spiro atoms. The highest BCUT2D eigenvalue weighted by Gasteiger charge is 2.23. The first-order chi connectivity index (χ1) is 10.6. The third-order valence-electron chi connectivity index (χ3n) is 2.87. The number of carbonyl (C=O) groups is 3. The van der Waals surface area contributed by atoms with E-state index in [4.69, 9.17) is 0 Å². The third-order valence-corrected chi connectivity index (χ3v) is 2.87. The zero-order valence-electron chi connectivity index (χ0n) is 12.9. The number of nitrogens with zero attached hydrogens (tertiary/aromatic N) is 2. The summed E-state index contributed by atoms with van der Waals surface area (Å²) in [7, 11) is 0. The van der Waals surface area contributed by atoms with Gasteiger partial charge in [-0.05, 0) is 18.6 Å². The molecule has 0 atom stereocenters. The third kappa shape index (κ3) is 5.14. The maximum Gasteiger partial charge on any atom is 0.341 e. The van der Waals surface area contributed by atoms with E-state index in [-0.39, 0.29) is 6.54 Å². The molecule has 0 aliphatic rings. The molecule has 0 radical (unpaired) electrons. The van der Waals surface area contributed by atoms with Crippen molar-refractivity contribution in [3.63, 3.8) is 0 Å². The normalized spacial score (nSPS) is 10.5. The van der Waals surface area contributed by atoms with Gasteiger partial charge in [0.2, 0.25) is 0 Å². The van der Waals surface area contributed by atoms with Crippen LogP contribution in [0.4, 0.5) is 4.79 Å². The van der Waals surface area contributed by atoms with Gasteiger partial charge >= 0.3 is 6.03 Å². The van der Waals surface area contributed by atoms with Crippen LogP contribution < -0.4 is 5.43 Å². The van der Waals surface area contributed by atoms with E-state index in [0.717, 1.165) is 10.5 Å². The minimum Gasteiger partial charge on any atom is -0.301 e. The van der Waals surface area contributed by atoms with E-state index >= 15 is 0 Å². The zero-order valence-corrected chi connectivity index (χ0v) is 12.9. The summed E-state index contributed by atoms with van der Waals surface area (Å²) in [5.74, 6) is -0.530. The second-order valence-electron chi connectivity index (χ2n) is 4.40. The lowest BCUT2D eigenvalue weighted by atomic mass is 10.2. The van der Waals surface area contributed by atoms with Gasteiger partial charge in [0.15, 0.2) is 0 Å². The van der Waals surface area contributed by atoms with Crippen molar-refractivity contribution in [1.29, 1.82) is 0 Å². The van der Waals surface area contributed by atoms with Crippen LogP contribution in [0.3, 0.4) is 0 Å². The highest BCUT2D eigenvalue weighted by Crippen LogP contribution is 2.04. The fraction of sp³-hybridized carbons (Fsp3) is 0.312. The van der Waals surface area contributed by atoms with Gasteiger partial charge in [-0.3, -0.25) is 14.7 Å². The number of nitrogens with one attached hydrogen (secondary N) is 1. The average Bonchev–Trinajstić information content (AvgIpc) is 2.55. The number of amides is 3. The number of hydrogen-bond acceptors (Lipinski definition) is 4. The van der Waals surface area contributed by atoms with Crippen LogP contribution in [-0.2, 0) is 9.59 Å². The molecule has 0 saturated heterocycles. The topological polar surface area (TPSA) is 69.7 Å². The van der Waals surface area contributed by atoms with Crippen LogP contribution in [0.2, 0.25) is 0 Å². The van der Waals surface area contributed by atoms with Crippen LogP contribution in [0.1, 0.15) is 19.4 Å². The second-order valence-corrected chi connectivity index (χ2v) is 4.40. The van der Waals surface area contributed by atoms with Crippen molar-refractivity contribution < 1.29 is 14.4 Å². The molecule has 0 aliphatic heterocycles. The smallest absolute Gasteiger partial charge is 0.301 e. The highest BCUT2D eigenvalue weighted by atomic mass is 16.2. The summed E-state index contributed by atoms with van der Waals surface area (Å²) in [6.45, 7) is 4.28. The summed E-state index contributed by atoms with van der Waals surface area (Å²) < 4.78 is 0. The Kier molecular flexibility index (Phi) is 7.56. The first-order valence-electron chi connectivity index (χ1n) is 7.17. The van der Waals surface area contributed by atoms with Crippen molar-refractivity contribution in [1.82, 2.24) is 15.3 Å². The Morgan fingerprint density at radius 3 is 2.41 bits per heavy atom. The Bertz CT molecular complexity index is 529. The summed E-state index contributed by atoms with van der Waals surface area (Å²) in [4.78, 5) is 36.1. The predicted molar refractivity (Wildman–Crippen MR) is 84.7 cm³/mol. The Morgan fingerprint density at radius 1 is 1.18 bits per heavy atom. The molecule has 1 rings (SSSR count). The molecule has 0 fully saturated rings. The maximum atomic E-state index is 12.3. The summed E-state index contributed by atoms with van der Waals surface area (Å²) in [6.07, 6.45) is 3.43. The molecule has 1 aromatic rings. The molecule has 118 valence electrons. The van der Waals surface area contributed by atoms with Crippen molar-refractivity contribution in [2.45, 2.75) is 13.8 Å². The summed E-state index contributed by atoms with van der Waals surface area (Å²) in [5.41, 5.74) is 3.69. The lowest BCUT2D eigenvalue weighted by Crippen LogP contribution is -2.52. The number of imide groups is 1. The van der Waals surface area contributed by atoms with Gasteiger partial charge in [0.25, 0.3) is 5.91 Å². The van der Waals surface area contributed by atoms with Crippen molar-refractivity contribution in [2.24, 2.45) is 0 Å². The minimum atomic E-state index is -0.542. The molecule has 1 aromatic carbocycles. The largest absolute Gasteiger partial charge is 0.341 e. The molecule has 0 saturated carbocycles. The Hall–Kier alpha value is -2.47. The first-order valence-corrected chi connectivity index (χ1v) is 7.17. The van der Waals surface area contributed by atoms with E-state index in [9.17, 15) is 14.4 Å². The maximum absolute atomic E-state index is 12.3. The van der Waals surface area contributed by atoms with Crippen LogP contribution in [-0.4, -0.2) is 47.8 Å². The van der Waals surface area contributed by atoms with Gasteiger partial charge in [0.05, 0.1) is 6.54 Å². The standard InChI is InChI=1S/C16H21N3O3/c1-3-17-19(4-2)16(22)18(12-13-20)15(21)11-10-14-8-6-5-7-9-14/h5-11,13,17H,3-4,12H2,1-2H3. The molecule has 6 heteroatoms. The van der Waals surface area contributed by atoms with Crippen molar-refractivity contribution in [2.75, 3.05) is 19.6 Å². The van der Waals surface area contributed by atoms with Crippen molar-refractivity contribution in [3.8, 4) is 0 Å². The monoisotopic (exact) mass is 303 g/mol. The van der Waals surface area contributed by atoms with Gasteiger partial charge in [-0.15, -0.1) is 0 Å². The van der Waals surface area contributed by atoms with Gasteiger partial charge in [0, 0.05) is 19.2 Å². The molecule has 0 bridgehead atoms. The number of rotatable bonds is 7. The number of hydrazine groups is 1. The van der Waals surface area contributed by atoms with E-state index in [1.807, 2.05) is 37.3 Å². The quantitative estimate of drug-likeness (QED) is 0.473. The lowest BCUT2D eigenvalue weighted by Gasteiger charge is -2.26. The number of urea groups is 1. The van der Waals surface area contributed by atoms with Crippen molar-refractivity contribution in [3.05, 3.63) is 42.0 Å². The lowest BCUT2D eigenvalue weighted by molar-refractivity contribution is -0.126. The number of hydrogen-bond donors (Lipinski definition) is 1. The first kappa shape index (κ1) is 17.6. The average molecular weight is 303 g/mol. The van der Waals surface area contributed by atoms with Crippen molar-refractivity contribution >= 4 is 24.3 Å². The van der Waals surface area contributed by atoms with E-state index in [0.29, 0.717) is 19.4 Å². The molecule has 0 aromatic heterocycles. The summed E-state index contributed by atoms with van der Waals surface area (Å²) in [6, 6.07) is 8.71. The molecule has 0 unspecified atom stereocenters. The molecular formula is C16H21N3O3. The number of benzene rings is 1. The van der Waals surface area contributed by atoms with Crippen LogP contribution >= 0.6 is 0 Å². The Labute approximate surface area is 130 Å². The van der Waals surface area contributed by atoms with Gasteiger partial charge in [0.1, 0.15) is 6.29 Å². The molecular weight excluding hydrogens is 282 g/mol. The molecule has 3 amide bonds. The minimum absolute atomic E-state index is 0.279. The van der Waals surface area contributed by atoms with Gasteiger partial charge in [-0.1, -0.05) is 37.3 Å². The highest BCUT2D eigenvalue weighted by molar-refractivity contribution is 6.03. The van der Waals surface area contributed by atoms with Crippen LogP contribution in [0, 0.1) is 0 Å². The summed E-state index contributed by atoms with van der Waals surface area (Å²) in [5, 5.41) is 1.30. The fourth-order valence-electron chi connectivity index (χ4n) is 1.81. The van der Waals surface area contributed by atoms with E-state index in [1.54, 1.807) is 13.0 Å². The second kappa shape index (κ2) is 9.46. The van der Waals surface area contributed by atoms with Gasteiger partial charge < -0.3 is 4.79 Å². The van der Waals surface area contributed by atoms with Crippen LogP contribution in [0.15, 0.2) is 36.4 Å². The van der Waals surface area contributed by atoms with Gasteiger partial charge in [-0.2, -0.15) is 0 Å². The zero-order chi connectivity index (χ0) is 16.4. The molecule has 1 N–H and O–H groups in total. The Balaban J connectivity index is 2.85. The molecule has 0 heterocycles. The predicted octanol–water partition coefficient (Wildman–Crippen LogP) is 1.69. The van der Waals surface area contributed by atoms with Crippen LogP contribution in [0.25, 0.3) is 6.08 Å². The molecule has 22 heavy (non-hydrogen) atoms. The van der Waals surface area contributed by atoms with E-state index < -0.39 is 11.9 Å². The van der Waals surface area contributed by atoms with Crippen LogP contribution in [0.5, 0.6) is 0 Å². The van der Waals surface area contributed by atoms with E-state index in [1.165, 1.54) is 11.1 Å². The SMILES string of the molecule is CCNN(CC)C(=O)N(CC=O)C(=O)C=Cc1ccccc1. The van der Waals surface area contributed by atoms with Gasteiger partial charge in [-0.25, -0.2) is 10.2 Å². The van der Waals surface area contributed by atoms with E-state index in [2.05, 4.69) is 5.43 Å².